The van der Waals surface area contributed by atoms with E-state index >= 15 is 0 Å². The van der Waals surface area contributed by atoms with Gasteiger partial charge in [0.1, 0.15) is 0 Å². The van der Waals surface area contributed by atoms with Crippen molar-refractivity contribution in [2.45, 2.75) is 101 Å². The number of hydrogen-bond donors (Lipinski definition) is 0. The van der Waals surface area contributed by atoms with E-state index in [2.05, 4.69) is 76.2 Å². The summed E-state index contributed by atoms with van der Waals surface area (Å²) in [6.45, 7) is 24.0. The highest BCUT2D eigenvalue weighted by atomic mass is 28.4. The molecular weight excluding hydrogens is 304 g/mol. The molecule has 140 valence electrons. The molecule has 4 heteroatoms. The lowest BCUT2D eigenvalue weighted by atomic mass is 9.77. The summed E-state index contributed by atoms with van der Waals surface area (Å²) >= 11 is 0. The summed E-state index contributed by atoms with van der Waals surface area (Å²) in [6.07, 6.45) is 0.341. The topological polar surface area (TPSA) is 27.7 Å². The Morgan fingerprint density at radius 1 is 0.565 bits per heavy atom. The molecule has 0 fully saturated rings. The first-order valence-corrected chi connectivity index (χ1v) is 11.4. The van der Waals surface area contributed by atoms with Gasteiger partial charge in [0.2, 0.25) is 0 Å². The quantitative estimate of drug-likeness (QED) is 0.445. The van der Waals surface area contributed by atoms with Crippen LogP contribution in [-0.2, 0) is 13.3 Å². The van der Waals surface area contributed by atoms with Crippen LogP contribution < -0.4 is 0 Å². The van der Waals surface area contributed by atoms with E-state index in [1.54, 1.807) is 0 Å². The van der Waals surface area contributed by atoms with Crippen molar-refractivity contribution >= 4 is 8.80 Å². The molecule has 0 aromatic rings. The van der Waals surface area contributed by atoms with Crippen LogP contribution in [0, 0.1) is 23.7 Å². The summed E-state index contributed by atoms with van der Waals surface area (Å²) < 4.78 is 19.0. The van der Waals surface area contributed by atoms with Gasteiger partial charge in [0.15, 0.2) is 0 Å². The Morgan fingerprint density at radius 2 is 0.870 bits per heavy atom. The molecule has 0 spiro atoms. The van der Waals surface area contributed by atoms with Crippen LogP contribution in [0.15, 0.2) is 0 Å². The Balaban J connectivity index is 5.45. The zero-order chi connectivity index (χ0) is 18.4. The fourth-order valence-corrected chi connectivity index (χ4v) is 7.59. The van der Waals surface area contributed by atoms with E-state index in [0.717, 1.165) is 6.04 Å². The van der Waals surface area contributed by atoms with Gasteiger partial charge in [-0.25, -0.2) is 0 Å². The Kier molecular flexibility index (Phi) is 10.2. The first-order chi connectivity index (χ1) is 10.4. The van der Waals surface area contributed by atoms with Crippen molar-refractivity contribution in [2.75, 3.05) is 0 Å². The third kappa shape index (κ3) is 8.66. The standard InChI is InChI=1S/C19H42O3Si/c1-13(2)19(14(3)4)18(11)12-23(20-15(5)6,21-16(7)8)22-17(9)10/h13-19H,12H2,1-11H3. The zero-order valence-electron chi connectivity index (χ0n) is 17.5. The van der Waals surface area contributed by atoms with Crippen LogP contribution in [0.3, 0.4) is 0 Å². The number of hydrogen-bond acceptors (Lipinski definition) is 3. The van der Waals surface area contributed by atoms with Gasteiger partial charge in [-0.2, -0.15) is 0 Å². The maximum atomic E-state index is 6.33. The molecule has 0 amide bonds. The minimum absolute atomic E-state index is 0.114. The first-order valence-electron chi connectivity index (χ1n) is 9.43. The van der Waals surface area contributed by atoms with Crippen LogP contribution in [0.25, 0.3) is 0 Å². The molecule has 0 aliphatic rings. The molecule has 0 bridgehead atoms. The van der Waals surface area contributed by atoms with E-state index in [0.29, 0.717) is 23.7 Å². The SMILES string of the molecule is CC(C)O[Si](CC(C)C(C(C)C)C(C)C)(OC(C)C)OC(C)C. The molecule has 0 radical (unpaired) electrons. The third-order valence-electron chi connectivity index (χ3n) is 4.01. The third-order valence-corrected chi connectivity index (χ3v) is 7.65. The van der Waals surface area contributed by atoms with Gasteiger partial charge >= 0.3 is 8.80 Å². The Labute approximate surface area is 146 Å². The van der Waals surface area contributed by atoms with Crippen LogP contribution in [0.5, 0.6) is 0 Å². The first kappa shape index (κ1) is 23.1. The highest BCUT2D eigenvalue weighted by Gasteiger charge is 2.47. The maximum Gasteiger partial charge on any atom is 0.501 e. The summed E-state index contributed by atoms with van der Waals surface area (Å²) in [5.74, 6) is 2.45. The minimum atomic E-state index is -2.70. The van der Waals surface area contributed by atoms with E-state index in [1.165, 1.54) is 0 Å². The van der Waals surface area contributed by atoms with Gasteiger partial charge < -0.3 is 13.3 Å². The van der Waals surface area contributed by atoms with Crippen molar-refractivity contribution < 1.29 is 13.3 Å². The van der Waals surface area contributed by atoms with Crippen molar-refractivity contribution in [1.29, 1.82) is 0 Å². The molecule has 0 heterocycles. The summed E-state index contributed by atoms with van der Waals surface area (Å²) in [5.41, 5.74) is 0. The fourth-order valence-electron chi connectivity index (χ4n) is 3.92. The minimum Gasteiger partial charge on any atom is -0.371 e. The van der Waals surface area contributed by atoms with Crippen LogP contribution >= 0.6 is 0 Å². The zero-order valence-corrected chi connectivity index (χ0v) is 18.5. The van der Waals surface area contributed by atoms with Gasteiger partial charge in [-0.3, -0.25) is 0 Å². The smallest absolute Gasteiger partial charge is 0.371 e. The lowest BCUT2D eigenvalue weighted by Crippen LogP contribution is -2.52. The molecule has 0 aliphatic heterocycles. The largest absolute Gasteiger partial charge is 0.501 e. The van der Waals surface area contributed by atoms with Gasteiger partial charge in [0.25, 0.3) is 0 Å². The van der Waals surface area contributed by atoms with Crippen molar-refractivity contribution in [2.24, 2.45) is 23.7 Å². The summed E-state index contributed by atoms with van der Waals surface area (Å²) in [7, 11) is -2.70. The molecule has 0 saturated carbocycles. The Hall–Kier alpha value is 0.0969. The molecule has 0 aromatic carbocycles. The van der Waals surface area contributed by atoms with Crippen molar-refractivity contribution in [3.05, 3.63) is 0 Å². The Morgan fingerprint density at radius 3 is 1.09 bits per heavy atom. The van der Waals surface area contributed by atoms with Gasteiger partial charge in [-0.15, -0.1) is 0 Å². The number of rotatable bonds is 11. The Bertz CT molecular complexity index is 279. The second-order valence-electron chi connectivity index (χ2n) is 8.43. The summed E-state index contributed by atoms with van der Waals surface area (Å²) in [5, 5.41) is 0. The predicted octanol–water partition coefficient (Wildman–Crippen LogP) is 5.76. The molecular formula is C19H42O3Si. The second-order valence-corrected chi connectivity index (χ2v) is 10.9. The van der Waals surface area contributed by atoms with Crippen molar-refractivity contribution in [1.82, 2.24) is 0 Å². The van der Waals surface area contributed by atoms with Crippen LogP contribution in [0.2, 0.25) is 6.04 Å². The van der Waals surface area contributed by atoms with Crippen LogP contribution in [0.1, 0.15) is 76.2 Å². The molecule has 0 aliphatic carbocycles. The van der Waals surface area contributed by atoms with Crippen LogP contribution in [-0.4, -0.2) is 27.1 Å². The summed E-state index contributed by atoms with van der Waals surface area (Å²) in [6, 6.07) is 0.891. The maximum absolute atomic E-state index is 6.33. The molecule has 1 unspecified atom stereocenters. The molecule has 1 atom stereocenters. The normalized spacial score (nSPS) is 15.0. The molecule has 23 heavy (non-hydrogen) atoms. The monoisotopic (exact) mass is 346 g/mol. The highest BCUT2D eigenvalue weighted by Crippen LogP contribution is 2.36. The molecule has 3 nitrogen and oxygen atoms in total. The lowest BCUT2D eigenvalue weighted by Gasteiger charge is -2.39. The van der Waals surface area contributed by atoms with Gasteiger partial charge in [0.05, 0.1) is 0 Å². The van der Waals surface area contributed by atoms with Gasteiger partial charge in [-0.1, -0.05) is 34.6 Å². The van der Waals surface area contributed by atoms with E-state index in [-0.39, 0.29) is 18.3 Å². The van der Waals surface area contributed by atoms with Crippen molar-refractivity contribution in [3.63, 3.8) is 0 Å². The van der Waals surface area contributed by atoms with Crippen molar-refractivity contribution in [3.8, 4) is 0 Å². The highest BCUT2D eigenvalue weighted by molar-refractivity contribution is 6.61. The average Bonchev–Trinajstić information content (AvgIpc) is 2.22. The van der Waals surface area contributed by atoms with E-state index < -0.39 is 8.80 Å². The predicted molar refractivity (Wildman–Crippen MR) is 102 cm³/mol. The van der Waals surface area contributed by atoms with E-state index in [1.807, 2.05) is 0 Å². The molecule has 0 rings (SSSR count). The molecule has 0 N–H and O–H groups in total. The fraction of sp³-hybridized carbons (Fsp3) is 1.00. The van der Waals surface area contributed by atoms with E-state index in [9.17, 15) is 0 Å². The van der Waals surface area contributed by atoms with Crippen LogP contribution in [0.4, 0.5) is 0 Å². The lowest BCUT2D eigenvalue weighted by molar-refractivity contribution is -0.00279. The van der Waals surface area contributed by atoms with Gasteiger partial charge in [0, 0.05) is 24.4 Å². The average molecular weight is 347 g/mol. The summed E-state index contributed by atoms with van der Waals surface area (Å²) in [4.78, 5) is 0. The van der Waals surface area contributed by atoms with Gasteiger partial charge in [-0.05, 0) is 65.2 Å². The molecule has 0 aromatic heterocycles. The molecule has 0 saturated heterocycles. The second kappa shape index (κ2) is 10.2. The van der Waals surface area contributed by atoms with E-state index in [4.69, 9.17) is 13.3 Å².